The number of hydrogen-bond acceptors (Lipinski definition) is 6. The second kappa shape index (κ2) is 6.56. The molecule has 1 aromatic heterocycles. The normalized spacial score (nSPS) is 18.4. The van der Waals surface area contributed by atoms with Crippen molar-refractivity contribution in [1.82, 2.24) is 10.2 Å². The Labute approximate surface area is 127 Å². The van der Waals surface area contributed by atoms with Crippen molar-refractivity contribution >= 4 is 33.9 Å². The average molecular weight is 307 g/mol. The second-order valence-corrected chi connectivity index (χ2v) is 7.06. The lowest BCUT2D eigenvalue weighted by molar-refractivity contribution is 0.129. The first-order valence-electron chi connectivity index (χ1n) is 6.71. The van der Waals surface area contributed by atoms with E-state index in [4.69, 9.17) is 4.74 Å². The van der Waals surface area contributed by atoms with Crippen LogP contribution in [0.5, 0.6) is 0 Å². The fourth-order valence-electron chi connectivity index (χ4n) is 2.10. The smallest absolute Gasteiger partial charge is 0.210 e. The fraction of sp³-hybridized carbons (Fsp3) is 0.429. The van der Waals surface area contributed by atoms with Crippen molar-refractivity contribution in [3.8, 4) is 0 Å². The number of hydrogen-bond donors (Lipinski definition) is 1. The van der Waals surface area contributed by atoms with Crippen LogP contribution in [-0.2, 0) is 4.74 Å². The summed E-state index contributed by atoms with van der Waals surface area (Å²) in [6.07, 6.45) is 2.74. The van der Waals surface area contributed by atoms with Gasteiger partial charge in [-0.25, -0.2) is 0 Å². The number of ether oxygens (including phenoxy) is 1. The Kier molecular flexibility index (Phi) is 4.54. The predicted molar refractivity (Wildman–Crippen MR) is 84.1 cm³/mol. The summed E-state index contributed by atoms with van der Waals surface area (Å²) in [4.78, 5) is 0. The van der Waals surface area contributed by atoms with Crippen molar-refractivity contribution in [1.29, 1.82) is 0 Å². The summed E-state index contributed by atoms with van der Waals surface area (Å²) in [6.45, 7) is 2.98. The number of benzene rings is 1. The van der Waals surface area contributed by atoms with Gasteiger partial charge in [0.1, 0.15) is 0 Å². The monoisotopic (exact) mass is 307 g/mol. The van der Waals surface area contributed by atoms with E-state index in [1.807, 2.05) is 12.1 Å². The first-order valence-corrected chi connectivity index (χ1v) is 8.51. The maximum Gasteiger partial charge on any atom is 0.210 e. The van der Waals surface area contributed by atoms with Gasteiger partial charge in [-0.15, -0.1) is 10.2 Å². The molecule has 0 bridgehead atoms. The van der Waals surface area contributed by atoms with E-state index in [1.54, 1.807) is 23.1 Å². The molecule has 1 aliphatic heterocycles. The molecular weight excluding hydrogens is 290 g/mol. The zero-order valence-electron chi connectivity index (χ0n) is 11.3. The molecule has 0 amide bonds. The molecule has 106 valence electrons. The number of nitrogens with one attached hydrogen (secondary N) is 1. The number of aryl methyl sites for hydroxylation is 1. The number of thioether (sulfide) groups is 1. The molecule has 0 radical (unpaired) electrons. The Hall–Kier alpha value is -1.11. The first-order chi connectivity index (χ1) is 9.79. The van der Waals surface area contributed by atoms with Crippen LogP contribution >= 0.6 is 23.1 Å². The van der Waals surface area contributed by atoms with Gasteiger partial charge in [-0.3, -0.25) is 0 Å². The Morgan fingerprint density at radius 1 is 1.45 bits per heavy atom. The van der Waals surface area contributed by atoms with Gasteiger partial charge in [0.05, 0.1) is 6.10 Å². The minimum Gasteiger partial charge on any atom is -0.377 e. The quantitative estimate of drug-likeness (QED) is 0.850. The molecular formula is C14H17N3OS2. The van der Waals surface area contributed by atoms with Gasteiger partial charge >= 0.3 is 0 Å². The van der Waals surface area contributed by atoms with Crippen molar-refractivity contribution in [3.63, 3.8) is 0 Å². The van der Waals surface area contributed by atoms with Crippen LogP contribution in [0.1, 0.15) is 18.4 Å². The molecule has 20 heavy (non-hydrogen) atoms. The van der Waals surface area contributed by atoms with Gasteiger partial charge in [0.25, 0.3) is 0 Å². The predicted octanol–water partition coefficient (Wildman–Crippen LogP) is 3.86. The molecule has 1 N–H and O–H groups in total. The van der Waals surface area contributed by atoms with Crippen molar-refractivity contribution in [2.75, 3.05) is 17.7 Å². The van der Waals surface area contributed by atoms with Crippen LogP contribution in [-0.4, -0.2) is 28.7 Å². The molecule has 2 aromatic rings. The summed E-state index contributed by atoms with van der Waals surface area (Å²) in [7, 11) is 0. The van der Waals surface area contributed by atoms with E-state index in [0.717, 1.165) is 27.5 Å². The van der Waals surface area contributed by atoms with Crippen LogP contribution in [0.15, 0.2) is 28.6 Å². The van der Waals surface area contributed by atoms with Gasteiger partial charge in [-0.2, -0.15) is 0 Å². The van der Waals surface area contributed by atoms with Crippen molar-refractivity contribution in [2.45, 2.75) is 30.2 Å². The van der Waals surface area contributed by atoms with Crippen LogP contribution < -0.4 is 5.32 Å². The van der Waals surface area contributed by atoms with Gasteiger partial charge in [0.15, 0.2) is 4.34 Å². The summed E-state index contributed by atoms with van der Waals surface area (Å²) < 4.78 is 6.61. The zero-order chi connectivity index (χ0) is 13.8. The number of rotatable bonds is 5. The van der Waals surface area contributed by atoms with E-state index >= 15 is 0 Å². The molecule has 2 heterocycles. The van der Waals surface area contributed by atoms with Crippen molar-refractivity contribution < 1.29 is 4.74 Å². The number of aromatic nitrogens is 2. The van der Waals surface area contributed by atoms with Crippen LogP contribution in [0.25, 0.3) is 0 Å². The van der Waals surface area contributed by atoms with E-state index in [-0.39, 0.29) is 0 Å². The van der Waals surface area contributed by atoms with Crippen LogP contribution in [0, 0.1) is 6.92 Å². The van der Waals surface area contributed by atoms with Crippen molar-refractivity contribution in [2.24, 2.45) is 0 Å². The highest BCUT2D eigenvalue weighted by Crippen LogP contribution is 2.29. The third-order valence-electron chi connectivity index (χ3n) is 3.09. The summed E-state index contributed by atoms with van der Waals surface area (Å²) in [6, 6.07) is 8.24. The Morgan fingerprint density at radius 3 is 3.20 bits per heavy atom. The lowest BCUT2D eigenvalue weighted by Gasteiger charge is -2.05. The molecule has 3 rings (SSSR count). The fourth-order valence-corrected chi connectivity index (χ4v) is 3.97. The summed E-state index contributed by atoms with van der Waals surface area (Å²) in [5, 5.41) is 12.5. The molecule has 1 saturated heterocycles. The van der Waals surface area contributed by atoms with Gasteiger partial charge in [0.2, 0.25) is 5.13 Å². The minimum atomic E-state index is 0.386. The average Bonchev–Trinajstić information content (AvgIpc) is 3.07. The van der Waals surface area contributed by atoms with Gasteiger partial charge in [0, 0.05) is 18.0 Å². The summed E-state index contributed by atoms with van der Waals surface area (Å²) >= 11 is 3.32. The third-order valence-corrected chi connectivity index (χ3v) is 5.20. The largest absolute Gasteiger partial charge is 0.377 e. The number of nitrogens with zero attached hydrogens (tertiary/aromatic N) is 2. The second-order valence-electron chi connectivity index (χ2n) is 4.81. The lowest BCUT2D eigenvalue weighted by atomic mass is 10.2. The molecule has 6 heteroatoms. The summed E-state index contributed by atoms with van der Waals surface area (Å²) in [5.74, 6) is 0.971. The molecule has 4 nitrogen and oxygen atoms in total. The topological polar surface area (TPSA) is 47.0 Å². The third kappa shape index (κ3) is 3.71. The standard InChI is InChI=1S/C14H17N3OS2/c1-10-4-2-5-11(8-10)15-13-16-17-14(20-13)19-9-12-6-3-7-18-12/h2,4-5,8,12H,3,6-7,9H2,1H3,(H,15,16). The zero-order valence-corrected chi connectivity index (χ0v) is 13.0. The van der Waals surface area contributed by atoms with E-state index in [0.29, 0.717) is 6.10 Å². The van der Waals surface area contributed by atoms with Crippen LogP contribution in [0.4, 0.5) is 10.8 Å². The minimum absolute atomic E-state index is 0.386. The van der Waals surface area contributed by atoms with Gasteiger partial charge in [-0.1, -0.05) is 35.2 Å². The highest BCUT2D eigenvalue weighted by molar-refractivity contribution is 8.01. The molecule has 0 saturated carbocycles. The van der Waals surface area contributed by atoms with E-state index in [9.17, 15) is 0 Å². The maximum atomic E-state index is 5.61. The van der Waals surface area contributed by atoms with Crippen molar-refractivity contribution in [3.05, 3.63) is 29.8 Å². The molecule has 1 unspecified atom stereocenters. The SMILES string of the molecule is Cc1cccc(Nc2nnc(SCC3CCCO3)s2)c1. The lowest BCUT2D eigenvalue weighted by Crippen LogP contribution is -2.07. The van der Waals surface area contributed by atoms with Gasteiger partial charge < -0.3 is 10.1 Å². The number of anilines is 2. The highest BCUT2D eigenvalue weighted by Gasteiger charge is 2.16. The Balaban J connectivity index is 1.56. The molecule has 1 atom stereocenters. The Morgan fingerprint density at radius 2 is 2.40 bits per heavy atom. The Bertz CT molecular complexity index is 567. The van der Waals surface area contributed by atoms with Gasteiger partial charge in [-0.05, 0) is 37.5 Å². The molecule has 0 aliphatic carbocycles. The maximum absolute atomic E-state index is 5.61. The summed E-state index contributed by atoms with van der Waals surface area (Å²) in [5.41, 5.74) is 2.28. The first kappa shape index (κ1) is 13.9. The molecule has 1 aliphatic rings. The van der Waals surface area contributed by atoms with Crippen LogP contribution in [0.2, 0.25) is 0 Å². The molecule has 1 fully saturated rings. The highest BCUT2D eigenvalue weighted by atomic mass is 32.2. The van der Waals surface area contributed by atoms with E-state index in [2.05, 4.69) is 34.6 Å². The van der Waals surface area contributed by atoms with E-state index < -0.39 is 0 Å². The molecule has 1 aromatic carbocycles. The van der Waals surface area contributed by atoms with Crippen LogP contribution in [0.3, 0.4) is 0 Å². The van der Waals surface area contributed by atoms with E-state index in [1.165, 1.54) is 18.4 Å². The molecule has 0 spiro atoms.